The van der Waals surface area contributed by atoms with Gasteiger partial charge in [-0.15, -0.1) is 0 Å². The van der Waals surface area contributed by atoms with Crippen molar-refractivity contribution in [2.45, 2.75) is 0 Å². The Kier molecular flexibility index (Phi) is 0.833. The summed E-state index contributed by atoms with van der Waals surface area (Å²) >= 11 is 0. The zero-order valence-electron chi connectivity index (χ0n) is 3.47. The minimum Gasteiger partial charge on any atom is -0.444 e. The van der Waals surface area contributed by atoms with Gasteiger partial charge in [0.2, 0.25) is 5.76 Å². The topological polar surface area (TPSA) is 26.3 Å². The lowest BCUT2D eigenvalue weighted by Gasteiger charge is -1.82. The van der Waals surface area contributed by atoms with E-state index in [1.165, 1.54) is 6.26 Å². The van der Waals surface area contributed by atoms with Crippen LogP contribution in [-0.2, 0) is 9.53 Å². The molecule has 0 aromatic carbocycles. The third-order valence-corrected chi connectivity index (χ3v) is 0.547. The second-order valence-corrected chi connectivity index (χ2v) is 0.987. The summed E-state index contributed by atoms with van der Waals surface area (Å²) in [6.45, 7) is 0. The molecule has 0 saturated heterocycles. The summed E-state index contributed by atoms with van der Waals surface area (Å²) < 4.78 is 4.50. The van der Waals surface area contributed by atoms with Crippen molar-refractivity contribution in [2.75, 3.05) is 0 Å². The zero-order chi connectivity index (χ0) is 5.11. The highest BCUT2D eigenvalue weighted by atomic mass is 16.5. The average Bonchev–Trinajstić information content (AvgIpc) is 2.14. The standard InChI is InChI=1S/C5H2O2/c6-4-5-2-1-3-7-5/h3-4H. The Morgan fingerprint density at radius 2 is 2.71 bits per heavy atom. The molecular formula is C5H2O2. The van der Waals surface area contributed by atoms with E-state index >= 15 is 0 Å². The van der Waals surface area contributed by atoms with Crippen LogP contribution in [0.15, 0.2) is 23.5 Å². The van der Waals surface area contributed by atoms with Crippen molar-refractivity contribution in [3.63, 3.8) is 0 Å². The highest BCUT2D eigenvalue weighted by Crippen LogP contribution is 1.93. The van der Waals surface area contributed by atoms with Gasteiger partial charge in [0.15, 0.2) is 6.29 Å². The van der Waals surface area contributed by atoms with Crippen LogP contribution in [-0.4, -0.2) is 6.29 Å². The van der Waals surface area contributed by atoms with Gasteiger partial charge >= 0.3 is 0 Å². The Balaban J connectivity index is 2.98. The van der Waals surface area contributed by atoms with Crippen molar-refractivity contribution in [2.24, 2.45) is 0 Å². The molecule has 0 aromatic rings. The van der Waals surface area contributed by atoms with E-state index in [9.17, 15) is 4.79 Å². The largest absolute Gasteiger partial charge is 0.444 e. The quantitative estimate of drug-likeness (QED) is 0.346. The van der Waals surface area contributed by atoms with Crippen LogP contribution >= 0.6 is 0 Å². The molecule has 1 rings (SSSR count). The zero-order valence-corrected chi connectivity index (χ0v) is 3.47. The van der Waals surface area contributed by atoms with Crippen molar-refractivity contribution in [1.82, 2.24) is 0 Å². The smallest absolute Gasteiger partial charge is 0.217 e. The monoisotopic (exact) mass is 94.0 g/mol. The molecule has 0 bridgehead atoms. The van der Waals surface area contributed by atoms with Crippen LogP contribution in [0.2, 0.25) is 0 Å². The van der Waals surface area contributed by atoms with Gasteiger partial charge in [-0.25, -0.2) is 0 Å². The molecule has 0 fully saturated rings. The molecule has 0 saturated carbocycles. The molecule has 1 aliphatic rings. The molecule has 0 aromatic heterocycles. The molecule has 2 nitrogen and oxygen atoms in total. The van der Waals surface area contributed by atoms with Gasteiger partial charge in [-0.3, -0.25) is 4.79 Å². The minimum atomic E-state index is 0.194. The van der Waals surface area contributed by atoms with E-state index in [0.717, 1.165) is 0 Å². The summed E-state index contributed by atoms with van der Waals surface area (Å²) in [5, 5.41) is 0. The van der Waals surface area contributed by atoms with Gasteiger partial charge in [0.25, 0.3) is 0 Å². The molecule has 0 aliphatic carbocycles. The van der Waals surface area contributed by atoms with E-state index in [2.05, 4.69) is 16.2 Å². The summed E-state index contributed by atoms with van der Waals surface area (Å²) in [5.74, 6) is 0.194. The van der Waals surface area contributed by atoms with Crippen molar-refractivity contribution in [3.05, 3.63) is 23.5 Å². The van der Waals surface area contributed by atoms with Gasteiger partial charge in [-0.1, -0.05) is 0 Å². The first kappa shape index (κ1) is 3.94. The Hall–Kier alpha value is -1.23. The van der Waals surface area contributed by atoms with Crippen LogP contribution in [0.4, 0.5) is 0 Å². The molecule has 0 N–H and O–H groups in total. The van der Waals surface area contributed by atoms with Crippen LogP contribution in [0.25, 0.3) is 0 Å². The molecule has 34 valence electrons. The Labute approximate surface area is 40.4 Å². The Morgan fingerprint density at radius 1 is 1.86 bits per heavy atom. The molecule has 2 heteroatoms. The maximum Gasteiger partial charge on any atom is 0.217 e. The summed E-state index contributed by atoms with van der Waals surface area (Å²) in [6, 6.07) is 0. The molecular weight excluding hydrogens is 92.1 g/mol. The lowest BCUT2D eigenvalue weighted by molar-refractivity contribution is -0.106. The van der Waals surface area contributed by atoms with Crippen molar-refractivity contribution < 1.29 is 9.53 Å². The minimum absolute atomic E-state index is 0.194. The van der Waals surface area contributed by atoms with Crippen molar-refractivity contribution in [3.8, 4) is 0 Å². The van der Waals surface area contributed by atoms with Crippen LogP contribution in [0.5, 0.6) is 0 Å². The Morgan fingerprint density at radius 3 is 3.00 bits per heavy atom. The van der Waals surface area contributed by atoms with Gasteiger partial charge in [-0.2, -0.15) is 0 Å². The van der Waals surface area contributed by atoms with Crippen molar-refractivity contribution >= 4 is 6.29 Å². The van der Waals surface area contributed by atoms with Crippen LogP contribution < -0.4 is 0 Å². The van der Waals surface area contributed by atoms with Gasteiger partial charge in [0.1, 0.15) is 6.26 Å². The predicted molar refractivity (Wildman–Crippen MR) is 22.3 cm³/mol. The fourth-order valence-electron chi connectivity index (χ4n) is 0.280. The molecule has 0 spiro atoms. The first-order chi connectivity index (χ1) is 3.43. The van der Waals surface area contributed by atoms with Crippen LogP contribution in [0, 0.1) is 0 Å². The molecule has 0 amide bonds. The summed E-state index contributed by atoms with van der Waals surface area (Å²) in [4.78, 5) is 9.72. The van der Waals surface area contributed by atoms with E-state index < -0.39 is 0 Å². The maximum atomic E-state index is 9.72. The number of allylic oxidation sites excluding steroid dienone is 1. The predicted octanol–water partition coefficient (Wildman–Crippen LogP) is 0.367. The van der Waals surface area contributed by atoms with E-state index in [1.807, 2.05) is 0 Å². The van der Waals surface area contributed by atoms with Crippen LogP contribution in [0.1, 0.15) is 0 Å². The molecule has 1 heterocycles. The Bertz CT molecular complexity index is 178. The fraction of sp³-hybridized carbons (Fsp3) is 0. The maximum absolute atomic E-state index is 9.72. The molecule has 0 unspecified atom stereocenters. The van der Waals surface area contributed by atoms with Gasteiger partial charge in [-0.05, 0) is 11.5 Å². The first-order valence-electron chi connectivity index (χ1n) is 1.75. The number of aldehydes is 1. The van der Waals surface area contributed by atoms with Crippen LogP contribution in [0.3, 0.4) is 0 Å². The third-order valence-electron chi connectivity index (χ3n) is 0.547. The second-order valence-electron chi connectivity index (χ2n) is 0.987. The first-order valence-corrected chi connectivity index (χ1v) is 1.75. The molecule has 7 heavy (non-hydrogen) atoms. The SMILES string of the molecule is O=CC1=C=C=CO1. The summed E-state index contributed by atoms with van der Waals surface area (Å²) in [5.41, 5.74) is 4.88. The number of hydrogen-bond acceptors (Lipinski definition) is 2. The number of hydrogen-bond donors (Lipinski definition) is 0. The van der Waals surface area contributed by atoms with E-state index in [0.29, 0.717) is 6.29 Å². The highest BCUT2D eigenvalue weighted by molar-refractivity contribution is 5.70. The summed E-state index contributed by atoms with van der Waals surface area (Å²) in [7, 11) is 0. The van der Waals surface area contributed by atoms with E-state index in [4.69, 9.17) is 0 Å². The van der Waals surface area contributed by atoms with E-state index in [1.54, 1.807) is 0 Å². The third kappa shape index (κ3) is 0.606. The van der Waals surface area contributed by atoms with E-state index in [-0.39, 0.29) is 5.76 Å². The lowest BCUT2D eigenvalue weighted by atomic mass is 10.6. The summed E-state index contributed by atoms with van der Waals surface area (Å²) in [6.07, 6.45) is 1.86. The molecule has 1 aliphatic heterocycles. The molecule has 0 radical (unpaired) electrons. The number of carbonyl (C=O) groups is 1. The fourth-order valence-corrected chi connectivity index (χ4v) is 0.280. The normalized spacial score (nSPS) is 13.4. The van der Waals surface area contributed by atoms with Crippen molar-refractivity contribution in [1.29, 1.82) is 0 Å². The average molecular weight is 94.1 g/mol. The highest BCUT2D eigenvalue weighted by Gasteiger charge is 1.90. The lowest BCUT2D eigenvalue weighted by Crippen LogP contribution is -1.78. The number of rotatable bonds is 1. The number of carbonyl (C=O) groups excluding carboxylic acids is 1. The van der Waals surface area contributed by atoms with Gasteiger partial charge < -0.3 is 4.74 Å². The number of ether oxygens (including phenoxy) is 1. The van der Waals surface area contributed by atoms with Gasteiger partial charge in [0.05, 0.1) is 0 Å². The van der Waals surface area contributed by atoms with Gasteiger partial charge in [0, 0.05) is 0 Å². The second kappa shape index (κ2) is 1.48. The molecule has 0 atom stereocenters.